The summed E-state index contributed by atoms with van der Waals surface area (Å²) < 4.78 is 0. The van der Waals surface area contributed by atoms with E-state index in [2.05, 4.69) is 0 Å². The Morgan fingerprint density at radius 3 is 0.400 bits per heavy atom. The van der Waals surface area contributed by atoms with Crippen molar-refractivity contribution in [3.63, 3.8) is 0 Å². The van der Waals surface area contributed by atoms with Gasteiger partial charge in [0, 0.05) is 207 Å². The molecule has 0 nitrogen and oxygen atoms in total. The molecule has 13 valence electrons. The summed E-state index contributed by atoms with van der Waals surface area (Å²) in [6.07, 6.45) is 0. The first kappa shape index (κ1) is 29.9. The summed E-state index contributed by atoms with van der Waals surface area (Å²) in [4.78, 5) is 0. The molecule has 0 aliphatic rings. The van der Waals surface area contributed by atoms with Crippen LogP contribution in [0, 0.1) is 0 Å². The van der Waals surface area contributed by atoms with Crippen LogP contribution in [0.2, 0.25) is 0 Å². The van der Waals surface area contributed by atoms with Gasteiger partial charge in [-0.3, -0.25) is 0 Å². The molecule has 0 atom stereocenters. The van der Waals surface area contributed by atoms with Crippen LogP contribution >= 0.6 is 0 Å². The van der Waals surface area contributed by atoms with Gasteiger partial charge < -0.3 is 0 Å². The molecule has 0 aromatic carbocycles. The monoisotopic (exact) mass is 535 g/mol. The van der Waals surface area contributed by atoms with Crippen LogP contribution in [-0.4, -0.2) is 207 Å². The molecule has 5 heteroatoms. The second-order valence-corrected chi connectivity index (χ2v) is 0. The third-order valence-electron chi connectivity index (χ3n) is 0. The van der Waals surface area contributed by atoms with Crippen molar-refractivity contribution < 1.29 is 0 Å². The molecule has 5 heavy (non-hydrogen) atoms. The van der Waals surface area contributed by atoms with Gasteiger partial charge in [-0.2, -0.15) is 0 Å². The molecule has 0 fully saturated rings. The van der Waals surface area contributed by atoms with Crippen molar-refractivity contribution in [1.29, 1.82) is 0 Å². The minimum atomic E-state index is 0. The third-order valence-corrected chi connectivity index (χ3v) is 0. The van der Waals surface area contributed by atoms with Gasteiger partial charge in [0.05, 0.1) is 0 Å². The molecule has 0 bridgehead atoms. The fourth-order valence-electron chi connectivity index (χ4n) is 0. The molecule has 0 heterocycles. The first-order valence-corrected chi connectivity index (χ1v) is 0. The van der Waals surface area contributed by atoms with E-state index < -0.39 is 0 Å². The molecule has 0 N–H and O–H groups in total. The van der Waals surface area contributed by atoms with Crippen molar-refractivity contribution in [1.82, 2.24) is 0 Å². The largest absolute Gasteiger partial charge is 0 e. The van der Waals surface area contributed by atoms with Crippen molar-refractivity contribution in [3.8, 4) is 0 Å². The smallest absolute Gasteiger partial charge is 0 e. The van der Waals surface area contributed by atoms with Gasteiger partial charge in [0.15, 0.2) is 0 Å². The van der Waals surface area contributed by atoms with Crippen LogP contribution in [0.1, 0.15) is 0 Å². The molecule has 0 aromatic rings. The summed E-state index contributed by atoms with van der Waals surface area (Å²) in [5.41, 5.74) is 0. The Labute approximate surface area is 199 Å². The zero-order valence-electron chi connectivity index (χ0n) is 3.89. The van der Waals surface area contributed by atoms with Gasteiger partial charge in [0.2, 0.25) is 0 Å². The maximum atomic E-state index is 0. The summed E-state index contributed by atoms with van der Waals surface area (Å²) in [7, 11) is 0. The number of rotatable bonds is 0. The van der Waals surface area contributed by atoms with Crippen molar-refractivity contribution in [3.05, 3.63) is 0 Å². The van der Waals surface area contributed by atoms with E-state index in [-0.39, 0.29) is 207 Å². The SMILES string of the molecule is [Bi].[Bi].[K].[K].[K]. The summed E-state index contributed by atoms with van der Waals surface area (Å²) in [5.74, 6) is 0. The summed E-state index contributed by atoms with van der Waals surface area (Å²) in [5, 5.41) is 0. The Hall–Kier alpha value is 6.68. The van der Waals surface area contributed by atoms with Crippen molar-refractivity contribution in [2.75, 3.05) is 0 Å². The van der Waals surface area contributed by atoms with Crippen LogP contribution in [0.15, 0.2) is 0 Å². The van der Waals surface area contributed by atoms with Gasteiger partial charge >= 0.3 is 0 Å². The van der Waals surface area contributed by atoms with Crippen LogP contribution in [0.3, 0.4) is 0 Å². The third kappa shape index (κ3) is 18.0. The van der Waals surface area contributed by atoms with Crippen LogP contribution < -0.4 is 0 Å². The van der Waals surface area contributed by atoms with Crippen LogP contribution in [0.25, 0.3) is 0 Å². The van der Waals surface area contributed by atoms with Gasteiger partial charge in [0.1, 0.15) is 0 Å². The van der Waals surface area contributed by atoms with E-state index in [0.29, 0.717) is 0 Å². The Morgan fingerprint density at radius 1 is 0.400 bits per heavy atom. The van der Waals surface area contributed by atoms with Crippen molar-refractivity contribution >= 4 is 207 Å². The average molecular weight is 535 g/mol. The summed E-state index contributed by atoms with van der Waals surface area (Å²) in [6, 6.07) is 0. The average Bonchev–Trinajstić information content (AvgIpc) is 0. The van der Waals surface area contributed by atoms with E-state index in [0.717, 1.165) is 0 Å². The molecule has 0 amide bonds. The topological polar surface area (TPSA) is 0 Å². The predicted octanol–water partition coefficient (Wildman–Crippen LogP) is -1.90. The van der Waals surface area contributed by atoms with Gasteiger partial charge in [-0.15, -0.1) is 0 Å². The molecule has 9 radical (unpaired) electrons. The second-order valence-electron chi connectivity index (χ2n) is 0. The first-order chi connectivity index (χ1) is 0. The molecular formula is Bi2K3. The molecule has 0 aliphatic carbocycles. The Morgan fingerprint density at radius 2 is 0.400 bits per heavy atom. The number of hydrogen-bond acceptors (Lipinski definition) is 0. The molecule has 0 aromatic heterocycles. The summed E-state index contributed by atoms with van der Waals surface area (Å²) in [6.45, 7) is 0. The van der Waals surface area contributed by atoms with Gasteiger partial charge in [-0.1, -0.05) is 0 Å². The van der Waals surface area contributed by atoms with E-state index in [1.165, 1.54) is 0 Å². The van der Waals surface area contributed by atoms with Crippen molar-refractivity contribution in [2.24, 2.45) is 0 Å². The maximum absolute atomic E-state index is 0. The van der Waals surface area contributed by atoms with E-state index in [4.69, 9.17) is 0 Å². The molecule has 0 unspecified atom stereocenters. The van der Waals surface area contributed by atoms with Gasteiger partial charge in [-0.25, -0.2) is 0 Å². The zero-order valence-corrected chi connectivity index (χ0v) is 20.2. The Kier molecular flexibility index (Phi) is 134. The first-order valence-electron chi connectivity index (χ1n) is 0. The Bertz CT molecular complexity index is 4.85. The van der Waals surface area contributed by atoms with Crippen LogP contribution in [0.5, 0.6) is 0 Å². The minimum Gasteiger partial charge on any atom is 0 e. The Balaban J connectivity index is 0. The summed E-state index contributed by atoms with van der Waals surface area (Å²) >= 11 is 0. The second kappa shape index (κ2) is 22.4. The van der Waals surface area contributed by atoms with Crippen LogP contribution in [0.4, 0.5) is 0 Å². The molecule has 0 saturated heterocycles. The molecular weight excluding hydrogens is 535 g/mol. The minimum absolute atomic E-state index is 0. The fourth-order valence-corrected chi connectivity index (χ4v) is 0. The van der Waals surface area contributed by atoms with Gasteiger partial charge in [0.25, 0.3) is 0 Å². The molecule has 0 saturated carbocycles. The quantitative estimate of drug-likeness (QED) is 0.318. The van der Waals surface area contributed by atoms with Gasteiger partial charge in [-0.05, 0) is 0 Å². The molecule has 0 rings (SSSR count). The molecule has 0 aliphatic heterocycles. The van der Waals surface area contributed by atoms with Crippen LogP contribution in [-0.2, 0) is 0 Å². The van der Waals surface area contributed by atoms with E-state index in [1.54, 1.807) is 0 Å². The molecule has 0 spiro atoms. The van der Waals surface area contributed by atoms with E-state index >= 15 is 0 Å². The normalized spacial score (nSPS) is 0. The number of hydrogen-bond donors (Lipinski definition) is 0. The zero-order chi connectivity index (χ0) is 0. The maximum Gasteiger partial charge on any atom is 0 e. The predicted molar refractivity (Wildman–Crippen MR) is 28.8 cm³/mol. The standard InChI is InChI=1S/2Bi.3K. The fraction of sp³-hybridized carbons (Fsp3) is 0. The van der Waals surface area contributed by atoms with E-state index in [9.17, 15) is 0 Å². The van der Waals surface area contributed by atoms with Crippen molar-refractivity contribution in [2.45, 2.75) is 0 Å². The van der Waals surface area contributed by atoms with E-state index in [1.807, 2.05) is 0 Å².